The van der Waals surface area contributed by atoms with Crippen molar-refractivity contribution in [3.05, 3.63) is 0 Å². The Morgan fingerprint density at radius 1 is 1.16 bits per heavy atom. The highest BCUT2D eigenvalue weighted by molar-refractivity contribution is 5.87. The van der Waals surface area contributed by atoms with Gasteiger partial charge in [0.15, 0.2) is 0 Å². The van der Waals surface area contributed by atoms with Crippen molar-refractivity contribution >= 4 is 17.9 Å². The number of nitrogens with two attached hydrogens (primary N) is 1. The van der Waals surface area contributed by atoms with Gasteiger partial charge in [0.1, 0.15) is 6.04 Å². The van der Waals surface area contributed by atoms with Gasteiger partial charge < -0.3 is 21.5 Å². The Hall–Kier alpha value is -1.79. The number of carbonyl (C=O) groups excluding carboxylic acids is 2. The Kier molecular flexibility index (Phi) is 6.89. The molecule has 7 nitrogen and oxygen atoms in total. The fraction of sp³-hybridized carbons (Fsp3) is 0.750. The summed E-state index contributed by atoms with van der Waals surface area (Å²) in [5.74, 6) is -2.07. The zero-order chi connectivity index (χ0) is 15.1. The number of hydrogen-bond donors (Lipinski definition) is 4. The number of hydrogen-bond acceptors (Lipinski definition) is 3. The van der Waals surface area contributed by atoms with Crippen LogP contribution in [-0.4, -0.2) is 34.6 Å². The standard InChI is InChI=1S/C12H23N3O4/c1-4-12(5-2,6-3)15-11(19)14-8(10(17)18)7-9(13)16/h8H,4-7H2,1-3H3,(H2,13,16)(H,17,18)(H2,14,15,19)/t8-/m1/s1. The number of urea groups is 1. The van der Waals surface area contributed by atoms with Crippen molar-refractivity contribution in [3.8, 4) is 0 Å². The minimum absolute atomic E-state index is 0.361. The van der Waals surface area contributed by atoms with Crippen LogP contribution in [0.1, 0.15) is 46.5 Å². The molecule has 0 aliphatic heterocycles. The fourth-order valence-corrected chi connectivity index (χ4v) is 1.85. The molecule has 0 heterocycles. The highest BCUT2D eigenvalue weighted by atomic mass is 16.4. The summed E-state index contributed by atoms with van der Waals surface area (Å²) >= 11 is 0. The predicted octanol–water partition coefficient (Wildman–Crippen LogP) is 0.583. The number of carboxylic acids is 1. The van der Waals surface area contributed by atoms with Crippen LogP contribution >= 0.6 is 0 Å². The highest BCUT2D eigenvalue weighted by Crippen LogP contribution is 2.18. The second kappa shape index (κ2) is 7.60. The van der Waals surface area contributed by atoms with Crippen LogP contribution in [0.2, 0.25) is 0 Å². The van der Waals surface area contributed by atoms with Gasteiger partial charge in [0, 0.05) is 5.54 Å². The van der Waals surface area contributed by atoms with E-state index >= 15 is 0 Å². The molecule has 0 aliphatic rings. The Morgan fingerprint density at radius 3 is 1.95 bits per heavy atom. The summed E-state index contributed by atoms with van der Waals surface area (Å²) in [6.07, 6.45) is 1.78. The Bertz CT molecular complexity index is 332. The van der Waals surface area contributed by atoms with Gasteiger partial charge in [0.2, 0.25) is 5.91 Å². The van der Waals surface area contributed by atoms with Crippen LogP contribution in [0.15, 0.2) is 0 Å². The number of nitrogens with one attached hydrogen (secondary N) is 2. The minimum Gasteiger partial charge on any atom is -0.480 e. The average molecular weight is 273 g/mol. The van der Waals surface area contributed by atoms with Gasteiger partial charge in [0.25, 0.3) is 0 Å². The van der Waals surface area contributed by atoms with E-state index in [1.807, 2.05) is 20.8 Å². The van der Waals surface area contributed by atoms with Crippen molar-refractivity contribution in [2.75, 3.05) is 0 Å². The van der Waals surface area contributed by atoms with E-state index in [0.717, 1.165) is 19.3 Å². The average Bonchev–Trinajstić information content (AvgIpc) is 2.34. The first kappa shape index (κ1) is 17.2. The molecule has 3 amide bonds. The van der Waals surface area contributed by atoms with E-state index in [9.17, 15) is 14.4 Å². The van der Waals surface area contributed by atoms with Crippen molar-refractivity contribution in [1.29, 1.82) is 0 Å². The lowest BCUT2D eigenvalue weighted by Crippen LogP contribution is -2.55. The van der Waals surface area contributed by atoms with Gasteiger partial charge in [0.05, 0.1) is 6.42 Å². The van der Waals surface area contributed by atoms with Crippen LogP contribution in [0.25, 0.3) is 0 Å². The molecule has 0 spiro atoms. The quantitative estimate of drug-likeness (QED) is 0.516. The predicted molar refractivity (Wildman–Crippen MR) is 70.5 cm³/mol. The van der Waals surface area contributed by atoms with Gasteiger partial charge in [-0.1, -0.05) is 20.8 Å². The van der Waals surface area contributed by atoms with E-state index in [-0.39, 0.29) is 5.54 Å². The molecule has 0 aromatic carbocycles. The number of primary amides is 1. The smallest absolute Gasteiger partial charge is 0.326 e. The molecule has 5 N–H and O–H groups in total. The lowest BCUT2D eigenvalue weighted by molar-refractivity contribution is -0.140. The van der Waals surface area contributed by atoms with Gasteiger partial charge in [-0.25, -0.2) is 9.59 Å². The summed E-state index contributed by atoms with van der Waals surface area (Å²) in [6, 6.07) is -1.90. The van der Waals surface area contributed by atoms with Crippen molar-refractivity contribution in [2.24, 2.45) is 5.73 Å². The maximum Gasteiger partial charge on any atom is 0.326 e. The van der Waals surface area contributed by atoms with E-state index in [1.54, 1.807) is 0 Å². The highest BCUT2D eigenvalue weighted by Gasteiger charge is 2.28. The maximum atomic E-state index is 11.8. The molecule has 0 aromatic rings. The van der Waals surface area contributed by atoms with E-state index in [1.165, 1.54) is 0 Å². The normalized spacial score (nSPS) is 12.6. The van der Waals surface area contributed by atoms with E-state index < -0.39 is 30.4 Å². The van der Waals surface area contributed by atoms with Crippen molar-refractivity contribution in [3.63, 3.8) is 0 Å². The molecule has 0 saturated carbocycles. The summed E-state index contributed by atoms with van der Waals surface area (Å²) in [7, 11) is 0. The van der Waals surface area contributed by atoms with Gasteiger partial charge >= 0.3 is 12.0 Å². The fourth-order valence-electron chi connectivity index (χ4n) is 1.85. The summed E-state index contributed by atoms with van der Waals surface area (Å²) < 4.78 is 0. The third-order valence-corrected chi connectivity index (χ3v) is 3.42. The number of amides is 3. The summed E-state index contributed by atoms with van der Waals surface area (Å²) in [5, 5.41) is 13.9. The number of aliphatic carboxylic acids is 1. The van der Waals surface area contributed by atoms with E-state index in [0.29, 0.717) is 0 Å². The molecular weight excluding hydrogens is 250 g/mol. The molecule has 0 saturated heterocycles. The molecule has 0 aliphatic carbocycles. The summed E-state index contributed by atoms with van der Waals surface area (Å²) in [5.41, 5.74) is 4.58. The first-order chi connectivity index (χ1) is 8.80. The molecule has 7 heteroatoms. The largest absolute Gasteiger partial charge is 0.480 e. The van der Waals surface area contributed by atoms with Crippen LogP contribution in [0.5, 0.6) is 0 Å². The molecule has 0 fully saturated rings. The topological polar surface area (TPSA) is 122 Å². The SMILES string of the molecule is CCC(CC)(CC)NC(=O)N[C@H](CC(N)=O)C(=O)O. The van der Waals surface area contributed by atoms with E-state index in [4.69, 9.17) is 10.8 Å². The first-order valence-corrected chi connectivity index (χ1v) is 6.40. The third kappa shape index (κ3) is 5.58. The number of carbonyl (C=O) groups is 3. The number of carboxylic acid groups (broad SMARTS) is 1. The Balaban J connectivity index is 4.65. The molecule has 0 bridgehead atoms. The van der Waals surface area contributed by atoms with Gasteiger partial charge in [-0.15, -0.1) is 0 Å². The molecule has 0 radical (unpaired) electrons. The lowest BCUT2D eigenvalue weighted by atomic mass is 9.90. The molecule has 0 aromatic heterocycles. The van der Waals surface area contributed by atoms with E-state index in [2.05, 4.69) is 10.6 Å². The molecule has 0 unspecified atom stereocenters. The Labute approximate surface area is 112 Å². The lowest BCUT2D eigenvalue weighted by Gasteiger charge is -2.32. The molecule has 1 atom stereocenters. The second-order valence-electron chi connectivity index (χ2n) is 4.50. The van der Waals surface area contributed by atoms with Crippen LogP contribution in [0.4, 0.5) is 4.79 Å². The van der Waals surface area contributed by atoms with Crippen molar-refractivity contribution in [2.45, 2.75) is 58.0 Å². The first-order valence-electron chi connectivity index (χ1n) is 6.40. The molecule has 19 heavy (non-hydrogen) atoms. The maximum absolute atomic E-state index is 11.8. The molecule has 0 rings (SSSR count). The van der Waals surface area contributed by atoms with Crippen molar-refractivity contribution in [1.82, 2.24) is 10.6 Å². The third-order valence-electron chi connectivity index (χ3n) is 3.42. The van der Waals surface area contributed by atoms with Crippen LogP contribution in [0.3, 0.4) is 0 Å². The summed E-state index contributed by atoms with van der Waals surface area (Å²) in [6.45, 7) is 5.85. The zero-order valence-corrected chi connectivity index (χ0v) is 11.7. The second-order valence-corrected chi connectivity index (χ2v) is 4.50. The van der Waals surface area contributed by atoms with Gasteiger partial charge in [-0.2, -0.15) is 0 Å². The summed E-state index contributed by atoms with van der Waals surface area (Å²) in [4.78, 5) is 33.4. The monoisotopic (exact) mass is 273 g/mol. The zero-order valence-electron chi connectivity index (χ0n) is 11.7. The van der Waals surface area contributed by atoms with Gasteiger partial charge in [-0.05, 0) is 19.3 Å². The van der Waals surface area contributed by atoms with Gasteiger partial charge in [-0.3, -0.25) is 4.79 Å². The van der Waals surface area contributed by atoms with Crippen molar-refractivity contribution < 1.29 is 19.5 Å². The van der Waals surface area contributed by atoms with Crippen LogP contribution in [-0.2, 0) is 9.59 Å². The van der Waals surface area contributed by atoms with Crippen LogP contribution in [0, 0.1) is 0 Å². The number of rotatable bonds is 8. The minimum atomic E-state index is -1.30. The molecular formula is C12H23N3O4. The molecule has 110 valence electrons. The Morgan fingerprint density at radius 2 is 1.63 bits per heavy atom. The van der Waals surface area contributed by atoms with Crippen LogP contribution < -0.4 is 16.4 Å².